The summed E-state index contributed by atoms with van der Waals surface area (Å²) in [6.07, 6.45) is 7.71. The first-order chi connectivity index (χ1) is 15.5. The van der Waals surface area contributed by atoms with E-state index in [4.69, 9.17) is 23.2 Å². The second-order valence-electron chi connectivity index (χ2n) is 8.74. The zero-order chi connectivity index (χ0) is 22.2. The second-order valence-corrected chi connectivity index (χ2v) is 10.3. The molecule has 0 spiro atoms. The molecule has 0 bridgehead atoms. The van der Waals surface area contributed by atoms with Gasteiger partial charge in [0, 0.05) is 77.4 Å². The maximum absolute atomic E-state index is 6.63. The summed E-state index contributed by atoms with van der Waals surface area (Å²) in [5.41, 5.74) is 13.0. The lowest BCUT2D eigenvalue weighted by Crippen LogP contribution is -2.40. The molecule has 5 N–H and O–H groups in total. The number of allylic oxidation sites excluding steroid dienone is 1. The van der Waals surface area contributed by atoms with Crippen molar-refractivity contribution in [1.82, 2.24) is 15.3 Å². The third-order valence-electron chi connectivity index (χ3n) is 6.26. The van der Waals surface area contributed by atoms with Crippen LogP contribution in [0.15, 0.2) is 42.4 Å². The van der Waals surface area contributed by atoms with Crippen LogP contribution < -0.4 is 21.8 Å². The quantitative estimate of drug-likeness (QED) is 0.389. The maximum atomic E-state index is 6.63. The first kappa shape index (κ1) is 21.5. The van der Waals surface area contributed by atoms with E-state index in [-0.39, 0.29) is 0 Å². The number of anilines is 1. The van der Waals surface area contributed by atoms with Gasteiger partial charge >= 0.3 is 0 Å². The highest BCUT2D eigenvalue weighted by molar-refractivity contribution is 7.19. The molecule has 0 saturated carbocycles. The van der Waals surface area contributed by atoms with Gasteiger partial charge in [-0.05, 0) is 55.6 Å². The number of hydrogen-bond donors (Lipinski definition) is 3. The van der Waals surface area contributed by atoms with Gasteiger partial charge in [-0.15, -0.1) is 11.3 Å². The van der Waals surface area contributed by atoms with E-state index in [2.05, 4.69) is 39.5 Å². The van der Waals surface area contributed by atoms with E-state index in [0.717, 1.165) is 42.3 Å². The van der Waals surface area contributed by atoms with Crippen molar-refractivity contribution in [3.05, 3.63) is 57.8 Å². The number of nitrogens with one attached hydrogen (secondary N) is 1. The van der Waals surface area contributed by atoms with Crippen molar-refractivity contribution in [3.8, 4) is 11.1 Å². The molecular weight excluding hydrogens is 440 g/mol. The number of rotatable bonds is 5. The van der Waals surface area contributed by atoms with Gasteiger partial charge in [0.2, 0.25) is 0 Å². The minimum absolute atomic E-state index is 0.531. The van der Waals surface area contributed by atoms with Crippen molar-refractivity contribution in [2.24, 2.45) is 11.6 Å². The summed E-state index contributed by atoms with van der Waals surface area (Å²) in [6.45, 7) is 3.21. The number of hydrazine groups is 1. The Balaban J connectivity index is 1.62. The molecule has 8 heteroatoms. The molecule has 6 nitrogen and oxygen atoms in total. The largest absolute Gasteiger partial charge is 0.401 e. The number of nitrogens with zero attached hydrogens (tertiary/aromatic N) is 3. The molecule has 3 aromatic rings. The van der Waals surface area contributed by atoms with Crippen LogP contribution in [0.1, 0.15) is 23.3 Å². The number of fused-ring (bicyclic) bond motifs is 2. The maximum Gasteiger partial charge on any atom is 0.0819 e. The molecule has 0 unspecified atom stereocenters. The Kier molecular flexibility index (Phi) is 5.99. The van der Waals surface area contributed by atoms with Crippen LogP contribution in [-0.2, 0) is 12.8 Å². The normalized spacial score (nSPS) is 18.9. The summed E-state index contributed by atoms with van der Waals surface area (Å²) in [4.78, 5) is 8.43. The van der Waals surface area contributed by atoms with E-state index in [9.17, 15) is 0 Å². The van der Waals surface area contributed by atoms with Crippen molar-refractivity contribution in [3.63, 3.8) is 0 Å². The van der Waals surface area contributed by atoms with E-state index in [1.165, 1.54) is 49.8 Å². The van der Waals surface area contributed by atoms with Crippen molar-refractivity contribution in [2.75, 3.05) is 31.6 Å². The monoisotopic (exact) mass is 468 g/mol. The zero-order valence-electron chi connectivity index (χ0n) is 18.3. The Hall–Kier alpha value is -2.32. The minimum atomic E-state index is 0.531. The van der Waals surface area contributed by atoms with E-state index < -0.39 is 0 Å². The fraction of sp³-hybridized carbons (Fsp3) is 0.375. The summed E-state index contributed by atoms with van der Waals surface area (Å²) in [5, 5.41) is 5.81. The molecule has 0 amide bonds. The van der Waals surface area contributed by atoms with Gasteiger partial charge in [0.25, 0.3) is 0 Å². The number of pyridine rings is 1. The molecule has 5 rings (SSSR count). The molecule has 1 atom stereocenters. The summed E-state index contributed by atoms with van der Waals surface area (Å²) in [6, 6.07) is 9.08. The molecule has 4 heterocycles. The van der Waals surface area contributed by atoms with Gasteiger partial charge in [-0.3, -0.25) is 4.98 Å². The number of nitrogens with two attached hydrogens (primary N) is 2. The van der Waals surface area contributed by atoms with Crippen LogP contribution in [0, 0.1) is 0 Å². The molecule has 2 aliphatic rings. The summed E-state index contributed by atoms with van der Waals surface area (Å²) >= 11 is 8.38. The molecule has 0 aliphatic carbocycles. The highest BCUT2D eigenvalue weighted by atomic mass is 35.5. The molecule has 2 aromatic heterocycles. The topological polar surface area (TPSA) is 83.4 Å². The zero-order valence-corrected chi connectivity index (χ0v) is 19.8. The highest BCUT2D eigenvalue weighted by Crippen LogP contribution is 2.44. The molecule has 32 heavy (non-hydrogen) atoms. The van der Waals surface area contributed by atoms with Crippen molar-refractivity contribution in [2.45, 2.75) is 31.7 Å². The Morgan fingerprint density at radius 2 is 2.25 bits per heavy atom. The van der Waals surface area contributed by atoms with Crippen LogP contribution in [0.5, 0.6) is 0 Å². The fourth-order valence-electron chi connectivity index (χ4n) is 5.01. The van der Waals surface area contributed by atoms with E-state index >= 15 is 0 Å². The third kappa shape index (κ3) is 4.18. The van der Waals surface area contributed by atoms with Crippen molar-refractivity contribution >= 4 is 38.8 Å². The standard InChI is InChI=1S/C24H29ClN6S/c1-30(27)14-17(26)11-19-12-22-24(32-19)20(5-7-29-22)21-10-16(25)9-15-3-2-8-31(23(15)21)18-4-6-28-13-18/h5,7,9-10,12,14,18,28H,2-4,6,8,11,13,26-27H2,1H3/b17-14-/t18-/m0/s1. The average molecular weight is 469 g/mol. The number of benzene rings is 1. The number of aromatic nitrogens is 1. The number of aryl methyl sites for hydroxylation is 1. The van der Waals surface area contributed by atoms with Gasteiger partial charge in [-0.25, -0.2) is 5.84 Å². The molecule has 1 fully saturated rings. The average Bonchev–Trinajstić information content (AvgIpc) is 3.41. The van der Waals surface area contributed by atoms with Gasteiger partial charge < -0.3 is 21.0 Å². The van der Waals surface area contributed by atoms with Crippen LogP contribution in [0.25, 0.3) is 21.3 Å². The smallest absolute Gasteiger partial charge is 0.0819 e. The lowest BCUT2D eigenvalue weighted by molar-refractivity contribution is 0.478. The number of hydrogen-bond acceptors (Lipinski definition) is 7. The molecule has 0 radical (unpaired) electrons. The fourth-order valence-corrected chi connectivity index (χ4v) is 6.42. The Labute approximate surface area is 197 Å². The van der Waals surface area contributed by atoms with Gasteiger partial charge in [0.1, 0.15) is 0 Å². The number of halogens is 1. The van der Waals surface area contributed by atoms with E-state index in [0.29, 0.717) is 12.5 Å². The lowest BCUT2D eigenvalue weighted by atomic mass is 9.92. The van der Waals surface area contributed by atoms with Crippen LogP contribution in [0.3, 0.4) is 0 Å². The minimum Gasteiger partial charge on any atom is -0.401 e. The van der Waals surface area contributed by atoms with Crippen LogP contribution in [-0.4, -0.2) is 42.7 Å². The van der Waals surface area contributed by atoms with Crippen molar-refractivity contribution in [1.29, 1.82) is 0 Å². The van der Waals surface area contributed by atoms with Gasteiger partial charge in [-0.1, -0.05) is 11.6 Å². The van der Waals surface area contributed by atoms with Crippen LogP contribution in [0.2, 0.25) is 5.02 Å². The summed E-state index contributed by atoms with van der Waals surface area (Å²) in [7, 11) is 1.77. The van der Waals surface area contributed by atoms with E-state index in [1.807, 2.05) is 6.20 Å². The third-order valence-corrected chi connectivity index (χ3v) is 7.64. The predicted octanol–water partition coefficient (Wildman–Crippen LogP) is 3.88. The highest BCUT2D eigenvalue weighted by Gasteiger charge is 2.30. The van der Waals surface area contributed by atoms with Crippen LogP contribution >= 0.6 is 22.9 Å². The van der Waals surface area contributed by atoms with Gasteiger partial charge in [-0.2, -0.15) is 0 Å². The molecule has 168 valence electrons. The first-order valence-corrected chi connectivity index (χ1v) is 12.3. The molecule has 1 saturated heterocycles. The Bertz CT molecular complexity index is 1160. The van der Waals surface area contributed by atoms with Crippen LogP contribution in [0.4, 0.5) is 5.69 Å². The molecule has 2 aliphatic heterocycles. The summed E-state index contributed by atoms with van der Waals surface area (Å²) in [5.74, 6) is 5.71. The predicted molar refractivity (Wildman–Crippen MR) is 135 cm³/mol. The second kappa shape index (κ2) is 8.90. The van der Waals surface area contributed by atoms with E-state index in [1.54, 1.807) is 24.6 Å². The van der Waals surface area contributed by atoms with Gasteiger partial charge in [0.15, 0.2) is 0 Å². The SMILES string of the molecule is CN(N)/C=C(\N)Cc1cc2nccc(-c3cc(Cl)cc4c3N([C@H]3CCNC3)CCC4)c2s1. The van der Waals surface area contributed by atoms with Gasteiger partial charge in [0.05, 0.1) is 10.2 Å². The summed E-state index contributed by atoms with van der Waals surface area (Å²) < 4.78 is 1.18. The molecule has 1 aromatic carbocycles. The lowest BCUT2D eigenvalue weighted by Gasteiger charge is -2.38. The molecular formula is C24H29ClN6S. The van der Waals surface area contributed by atoms with Crippen molar-refractivity contribution < 1.29 is 0 Å². The first-order valence-electron chi connectivity index (χ1n) is 11.1. The number of thiophene rings is 1. The Morgan fingerprint density at radius 3 is 3.03 bits per heavy atom. The Morgan fingerprint density at radius 1 is 1.38 bits per heavy atom.